The van der Waals surface area contributed by atoms with Gasteiger partial charge in [0.2, 0.25) is 0 Å². The van der Waals surface area contributed by atoms with Crippen LogP contribution >= 0.6 is 0 Å². The molecule has 0 saturated carbocycles. The van der Waals surface area contributed by atoms with E-state index in [0.29, 0.717) is 17.9 Å². The molecule has 116 valence electrons. The van der Waals surface area contributed by atoms with Crippen LogP contribution in [0.2, 0.25) is 0 Å². The quantitative estimate of drug-likeness (QED) is 0.632. The largest absolute Gasteiger partial charge is 0.391 e. The van der Waals surface area contributed by atoms with Gasteiger partial charge in [-0.3, -0.25) is 10.1 Å². The van der Waals surface area contributed by atoms with Crippen molar-refractivity contribution in [3.63, 3.8) is 0 Å². The summed E-state index contributed by atoms with van der Waals surface area (Å²) in [6.45, 7) is 3.44. The van der Waals surface area contributed by atoms with Gasteiger partial charge in [-0.25, -0.2) is 4.98 Å². The molecule has 0 amide bonds. The van der Waals surface area contributed by atoms with Crippen LogP contribution in [0.25, 0.3) is 0 Å². The predicted octanol–water partition coefficient (Wildman–Crippen LogP) is 2.70. The number of aromatic nitrogens is 1. The van der Waals surface area contributed by atoms with Crippen LogP contribution in [0.4, 0.5) is 11.5 Å². The molecular formula is C16H19N3O3. The van der Waals surface area contributed by atoms with Gasteiger partial charge < -0.3 is 10.4 Å². The summed E-state index contributed by atoms with van der Waals surface area (Å²) in [5, 5.41) is 24.1. The van der Waals surface area contributed by atoms with Gasteiger partial charge in [0, 0.05) is 12.5 Å². The van der Waals surface area contributed by atoms with Crippen molar-refractivity contribution in [2.45, 2.75) is 32.4 Å². The molecule has 1 aromatic heterocycles. The van der Waals surface area contributed by atoms with Gasteiger partial charge in [-0.15, -0.1) is 0 Å². The zero-order valence-electron chi connectivity index (χ0n) is 12.6. The summed E-state index contributed by atoms with van der Waals surface area (Å²) in [6, 6.07) is 12.5. The molecule has 0 saturated heterocycles. The van der Waals surface area contributed by atoms with E-state index in [0.717, 1.165) is 5.56 Å². The summed E-state index contributed by atoms with van der Waals surface area (Å²) in [6.07, 6.45) is -0.0549. The second kappa shape index (κ2) is 7.00. The molecule has 0 spiro atoms. The molecule has 2 aromatic rings. The molecule has 6 nitrogen and oxygen atoms in total. The van der Waals surface area contributed by atoms with Crippen LogP contribution in [-0.4, -0.2) is 27.2 Å². The number of nitrogens with one attached hydrogen (secondary N) is 1. The number of nitro groups is 1. The van der Waals surface area contributed by atoms with Crippen LogP contribution < -0.4 is 5.32 Å². The lowest BCUT2D eigenvalue weighted by molar-refractivity contribution is -0.385. The molecule has 0 bridgehead atoms. The zero-order chi connectivity index (χ0) is 16.1. The van der Waals surface area contributed by atoms with E-state index in [-0.39, 0.29) is 11.7 Å². The molecule has 2 unspecified atom stereocenters. The lowest BCUT2D eigenvalue weighted by Crippen LogP contribution is -2.32. The van der Waals surface area contributed by atoms with E-state index in [9.17, 15) is 15.2 Å². The van der Waals surface area contributed by atoms with E-state index < -0.39 is 11.0 Å². The number of hydrogen-bond donors (Lipinski definition) is 2. The van der Waals surface area contributed by atoms with Gasteiger partial charge in [-0.2, -0.15) is 0 Å². The van der Waals surface area contributed by atoms with E-state index in [1.165, 1.54) is 6.07 Å². The first-order chi connectivity index (χ1) is 10.5. The number of rotatable bonds is 6. The predicted molar refractivity (Wildman–Crippen MR) is 84.9 cm³/mol. The zero-order valence-corrected chi connectivity index (χ0v) is 12.6. The lowest BCUT2D eigenvalue weighted by atomic mass is 10.0. The van der Waals surface area contributed by atoms with Crippen LogP contribution in [0.5, 0.6) is 0 Å². The molecule has 2 atom stereocenters. The second-order valence-electron chi connectivity index (χ2n) is 5.25. The third-order valence-electron chi connectivity index (χ3n) is 3.49. The highest BCUT2D eigenvalue weighted by atomic mass is 16.6. The molecule has 0 radical (unpaired) electrons. The first kappa shape index (κ1) is 15.9. The van der Waals surface area contributed by atoms with Crippen molar-refractivity contribution < 1.29 is 10.0 Å². The highest BCUT2D eigenvalue weighted by Gasteiger charge is 2.17. The Morgan fingerprint density at radius 1 is 1.27 bits per heavy atom. The average molecular weight is 301 g/mol. The number of aliphatic hydroxyl groups excluding tert-OH is 1. The SMILES string of the molecule is Cc1nc(NC(C)C(O)Cc2ccccc2)ccc1[N+](=O)[O-]. The maximum absolute atomic E-state index is 10.8. The topological polar surface area (TPSA) is 88.3 Å². The van der Waals surface area contributed by atoms with Crippen LogP contribution in [0, 0.1) is 17.0 Å². The normalized spacial score (nSPS) is 13.4. The number of anilines is 1. The highest BCUT2D eigenvalue weighted by Crippen LogP contribution is 2.19. The van der Waals surface area contributed by atoms with Gasteiger partial charge in [0.15, 0.2) is 0 Å². The van der Waals surface area contributed by atoms with Crippen LogP contribution in [-0.2, 0) is 6.42 Å². The molecule has 2 N–H and O–H groups in total. The van der Waals surface area contributed by atoms with E-state index in [1.54, 1.807) is 13.0 Å². The fourth-order valence-corrected chi connectivity index (χ4v) is 2.19. The molecule has 6 heteroatoms. The van der Waals surface area contributed by atoms with Crippen LogP contribution in [0.3, 0.4) is 0 Å². The Kier molecular flexibility index (Phi) is 5.06. The van der Waals surface area contributed by atoms with Gasteiger partial charge in [-0.05, 0) is 25.5 Å². The van der Waals surface area contributed by atoms with Gasteiger partial charge >= 0.3 is 0 Å². The Hall–Kier alpha value is -2.47. The Labute approximate surface area is 129 Å². The highest BCUT2D eigenvalue weighted by molar-refractivity contribution is 5.45. The fraction of sp³-hybridized carbons (Fsp3) is 0.312. The monoisotopic (exact) mass is 301 g/mol. The summed E-state index contributed by atoms with van der Waals surface area (Å²) in [5.41, 5.74) is 1.39. The molecule has 1 heterocycles. The number of benzene rings is 1. The van der Waals surface area contributed by atoms with Gasteiger partial charge in [0.1, 0.15) is 11.5 Å². The molecular weight excluding hydrogens is 282 g/mol. The first-order valence-electron chi connectivity index (χ1n) is 7.08. The molecule has 0 aliphatic carbocycles. The summed E-state index contributed by atoms with van der Waals surface area (Å²) >= 11 is 0. The van der Waals surface area contributed by atoms with Crippen LogP contribution in [0.1, 0.15) is 18.2 Å². The average Bonchev–Trinajstić information content (AvgIpc) is 2.47. The van der Waals surface area contributed by atoms with Gasteiger partial charge in [0.25, 0.3) is 5.69 Å². The van der Waals surface area contributed by atoms with E-state index in [1.807, 2.05) is 37.3 Å². The number of hydrogen-bond acceptors (Lipinski definition) is 5. The molecule has 22 heavy (non-hydrogen) atoms. The van der Waals surface area contributed by atoms with Gasteiger partial charge in [0.05, 0.1) is 17.1 Å². The van der Waals surface area contributed by atoms with Crippen molar-refractivity contribution in [3.05, 3.63) is 63.8 Å². The number of nitrogens with zero attached hydrogens (tertiary/aromatic N) is 2. The summed E-state index contributed by atoms with van der Waals surface area (Å²) < 4.78 is 0. The third-order valence-corrected chi connectivity index (χ3v) is 3.49. The van der Waals surface area contributed by atoms with Gasteiger partial charge in [-0.1, -0.05) is 30.3 Å². The van der Waals surface area contributed by atoms with E-state index in [2.05, 4.69) is 10.3 Å². The Balaban J connectivity index is 2.00. The van der Waals surface area contributed by atoms with E-state index >= 15 is 0 Å². The lowest BCUT2D eigenvalue weighted by Gasteiger charge is -2.21. The van der Waals surface area contributed by atoms with Crippen molar-refractivity contribution in [1.82, 2.24) is 4.98 Å². The minimum atomic E-state index is -0.584. The van der Waals surface area contributed by atoms with Crippen LogP contribution in [0.15, 0.2) is 42.5 Å². The maximum Gasteiger partial charge on any atom is 0.290 e. The van der Waals surface area contributed by atoms with Crippen molar-refractivity contribution >= 4 is 11.5 Å². The van der Waals surface area contributed by atoms with E-state index in [4.69, 9.17) is 0 Å². The third kappa shape index (κ3) is 4.02. The first-order valence-corrected chi connectivity index (χ1v) is 7.08. The molecule has 0 aliphatic heterocycles. The number of aryl methyl sites for hydroxylation is 1. The number of aliphatic hydroxyl groups is 1. The molecule has 1 aromatic carbocycles. The Morgan fingerprint density at radius 3 is 2.55 bits per heavy atom. The summed E-state index contributed by atoms with van der Waals surface area (Å²) in [4.78, 5) is 14.5. The molecule has 0 aliphatic rings. The number of pyridine rings is 1. The summed E-state index contributed by atoms with van der Waals surface area (Å²) in [5.74, 6) is 0.516. The Bertz CT molecular complexity index is 646. The minimum Gasteiger partial charge on any atom is -0.391 e. The van der Waals surface area contributed by atoms with Crippen molar-refractivity contribution in [2.24, 2.45) is 0 Å². The minimum absolute atomic E-state index is 0.0111. The standard InChI is InChI=1S/C16H19N3O3/c1-11-14(19(21)22)8-9-16(17-11)18-12(2)15(20)10-13-6-4-3-5-7-13/h3-9,12,15,20H,10H2,1-2H3,(H,17,18). The second-order valence-corrected chi connectivity index (χ2v) is 5.25. The Morgan fingerprint density at radius 2 is 1.95 bits per heavy atom. The molecule has 2 rings (SSSR count). The maximum atomic E-state index is 10.8. The summed E-state index contributed by atoms with van der Waals surface area (Å²) in [7, 11) is 0. The smallest absolute Gasteiger partial charge is 0.290 e. The van der Waals surface area contributed by atoms with Crippen molar-refractivity contribution in [1.29, 1.82) is 0 Å². The van der Waals surface area contributed by atoms with Crippen molar-refractivity contribution in [3.8, 4) is 0 Å². The molecule has 0 fully saturated rings. The fourth-order valence-electron chi connectivity index (χ4n) is 2.19. The van der Waals surface area contributed by atoms with Crippen molar-refractivity contribution in [2.75, 3.05) is 5.32 Å².